The number of amides is 4. The van der Waals surface area contributed by atoms with Crippen LogP contribution in [0.15, 0.2) is 18.2 Å². The van der Waals surface area contributed by atoms with Gasteiger partial charge in [-0.25, -0.2) is 4.79 Å². The zero-order chi connectivity index (χ0) is 14.5. The Kier molecular flexibility index (Phi) is 2.57. The van der Waals surface area contributed by atoms with Crippen molar-refractivity contribution in [3.05, 3.63) is 29.3 Å². The molecule has 0 aliphatic carbocycles. The third-order valence-electron chi connectivity index (χ3n) is 4.05. The first-order valence-electron chi connectivity index (χ1n) is 6.45. The molecule has 1 aromatic rings. The molecule has 0 radical (unpaired) electrons. The van der Waals surface area contributed by atoms with Crippen LogP contribution in [-0.2, 0) is 21.5 Å². The molecule has 3 rings (SSSR count). The van der Waals surface area contributed by atoms with E-state index in [-0.39, 0.29) is 11.8 Å². The Hall–Kier alpha value is -2.37. The second-order valence-corrected chi connectivity index (χ2v) is 5.33. The fraction of sp³-hybridized carbons (Fsp3) is 0.357. The largest absolute Gasteiger partial charge is 0.322 e. The van der Waals surface area contributed by atoms with Crippen molar-refractivity contribution in [2.45, 2.75) is 25.3 Å². The van der Waals surface area contributed by atoms with Gasteiger partial charge in [-0.05, 0) is 30.5 Å². The fourth-order valence-electron chi connectivity index (χ4n) is 2.71. The molecular formula is C14H15N3O3. The van der Waals surface area contributed by atoms with Gasteiger partial charge in [-0.3, -0.25) is 14.9 Å². The molecule has 20 heavy (non-hydrogen) atoms. The van der Waals surface area contributed by atoms with Crippen LogP contribution in [0.1, 0.15) is 24.5 Å². The van der Waals surface area contributed by atoms with Gasteiger partial charge in [0, 0.05) is 19.2 Å². The standard InChI is InChI=1S/C14H15N3O3/c1-14(12(19)15-13(20)16-14)9-4-5-10-8(7-9)3-6-11(18)17(10)2/h4-5,7H,3,6H2,1-2H3,(H2,15,16,19,20). The van der Waals surface area contributed by atoms with Gasteiger partial charge in [-0.2, -0.15) is 0 Å². The minimum absolute atomic E-state index is 0.0865. The summed E-state index contributed by atoms with van der Waals surface area (Å²) in [5.41, 5.74) is 1.55. The number of anilines is 1. The number of carbonyl (C=O) groups excluding carboxylic acids is 3. The lowest BCUT2D eigenvalue weighted by Crippen LogP contribution is -2.41. The molecule has 0 bridgehead atoms. The second kappa shape index (κ2) is 4.06. The molecule has 0 saturated carbocycles. The molecule has 6 heteroatoms. The van der Waals surface area contributed by atoms with Gasteiger partial charge in [0.05, 0.1) is 0 Å². The Morgan fingerprint density at radius 1 is 1.20 bits per heavy atom. The molecule has 2 N–H and O–H groups in total. The molecule has 4 amide bonds. The van der Waals surface area contributed by atoms with E-state index in [2.05, 4.69) is 10.6 Å². The van der Waals surface area contributed by atoms with Crippen LogP contribution in [0, 0.1) is 0 Å². The Morgan fingerprint density at radius 3 is 2.60 bits per heavy atom. The molecule has 1 fully saturated rings. The van der Waals surface area contributed by atoms with Crippen LogP contribution in [-0.4, -0.2) is 24.9 Å². The summed E-state index contributed by atoms with van der Waals surface area (Å²) in [6.07, 6.45) is 1.11. The smallest absolute Gasteiger partial charge is 0.320 e. The van der Waals surface area contributed by atoms with Gasteiger partial charge in [-0.1, -0.05) is 12.1 Å². The zero-order valence-electron chi connectivity index (χ0n) is 11.3. The third kappa shape index (κ3) is 1.68. The number of aryl methyl sites for hydroxylation is 1. The molecule has 1 aromatic carbocycles. The van der Waals surface area contributed by atoms with Gasteiger partial charge in [-0.15, -0.1) is 0 Å². The van der Waals surface area contributed by atoms with Crippen LogP contribution in [0.25, 0.3) is 0 Å². The van der Waals surface area contributed by atoms with Crippen LogP contribution in [0.4, 0.5) is 10.5 Å². The summed E-state index contributed by atoms with van der Waals surface area (Å²) in [7, 11) is 1.74. The highest BCUT2D eigenvalue weighted by molar-refractivity contribution is 6.07. The van der Waals surface area contributed by atoms with E-state index in [0.717, 1.165) is 16.8 Å². The summed E-state index contributed by atoms with van der Waals surface area (Å²) in [4.78, 5) is 36.5. The van der Waals surface area contributed by atoms with E-state index >= 15 is 0 Å². The maximum atomic E-state index is 11.9. The average molecular weight is 273 g/mol. The number of benzene rings is 1. The van der Waals surface area contributed by atoms with Gasteiger partial charge in [0.1, 0.15) is 5.54 Å². The average Bonchev–Trinajstić information content (AvgIpc) is 2.68. The summed E-state index contributed by atoms with van der Waals surface area (Å²) < 4.78 is 0. The monoisotopic (exact) mass is 273 g/mol. The molecule has 2 aliphatic rings. The minimum Gasteiger partial charge on any atom is -0.320 e. The highest BCUT2D eigenvalue weighted by Crippen LogP contribution is 2.32. The van der Waals surface area contributed by atoms with Gasteiger partial charge >= 0.3 is 6.03 Å². The van der Waals surface area contributed by atoms with E-state index in [1.54, 1.807) is 24.9 Å². The van der Waals surface area contributed by atoms with E-state index in [0.29, 0.717) is 12.8 Å². The molecule has 1 unspecified atom stereocenters. The number of nitrogens with one attached hydrogen (secondary N) is 2. The first kappa shape index (κ1) is 12.7. The van der Waals surface area contributed by atoms with Crippen molar-refractivity contribution in [1.82, 2.24) is 10.6 Å². The first-order chi connectivity index (χ1) is 9.41. The Labute approximate surface area is 116 Å². The number of carbonyl (C=O) groups is 3. The molecule has 0 spiro atoms. The summed E-state index contributed by atoms with van der Waals surface area (Å²) >= 11 is 0. The summed E-state index contributed by atoms with van der Waals surface area (Å²) in [6, 6.07) is 5.01. The molecule has 0 aromatic heterocycles. The minimum atomic E-state index is -1.05. The summed E-state index contributed by atoms with van der Waals surface area (Å²) in [5, 5.41) is 4.89. The maximum absolute atomic E-state index is 11.9. The predicted molar refractivity (Wildman–Crippen MR) is 72.2 cm³/mol. The molecule has 1 saturated heterocycles. The number of rotatable bonds is 1. The lowest BCUT2D eigenvalue weighted by molar-refractivity contribution is -0.123. The molecule has 1 atom stereocenters. The number of hydrogen-bond donors (Lipinski definition) is 2. The molecule has 6 nitrogen and oxygen atoms in total. The Bertz CT molecular complexity index is 641. The quantitative estimate of drug-likeness (QED) is 0.737. The Balaban J connectivity index is 2.04. The van der Waals surface area contributed by atoms with Crippen molar-refractivity contribution in [3.63, 3.8) is 0 Å². The van der Waals surface area contributed by atoms with E-state index in [4.69, 9.17) is 0 Å². The fourth-order valence-corrected chi connectivity index (χ4v) is 2.71. The van der Waals surface area contributed by atoms with E-state index in [1.165, 1.54) is 0 Å². The second-order valence-electron chi connectivity index (χ2n) is 5.33. The van der Waals surface area contributed by atoms with Crippen LogP contribution in [0.3, 0.4) is 0 Å². The molecule has 2 aliphatic heterocycles. The van der Waals surface area contributed by atoms with Gasteiger partial charge in [0.2, 0.25) is 5.91 Å². The maximum Gasteiger partial charge on any atom is 0.322 e. The predicted octanol–water partition coefficient (Wildman–Crippen LogP) is 0.650. The van der Waals surface area contributed by atoms with E-state index in [9.17, 15) is 14.4 Å². The van der Waals surface area contributed by atoms with E-state index < -0.39 is 11.6 Å². The van der Waals surface area contributed by atoms with Crippen molar-refractivity contribution in [3.8, 4) is 0 Å². The highest BCUT2D eigenvalue weighted by Gasteiger charge is 2.43. The van der Waals surface area contributed by atoms with Crippen molar-refractivity contribution in [2.75, 3.05) is 11.9 Å². The molecule has 104 valence electrons. The van der Waals surface area contributed by atoms with Gasteiger partial charge in [0.25, 0.3) is 5.91 Å². The third-order valence-corrected chi connectivity index (χ3v) is 4.05. The number of urea groups is 1. The van der Waals surface area contributed by atoms with Crippen molar-refractivity contribution < 1.29 is 14.4 Å². The van der Waals surface area contributed by atoms with Crippen LogP contribution < -0.4 is 15.5 Å². The van der Waals surface area contributed by atoms with Crippen molar-refractivity contribution in [2.24, 2.45) is 0 Å². The highest BCUT2D eigenvalue weighted by atomic mass is 16.2. The Morgan fingerprint density at radius 2 is 1.95 bits per heavy atom. The summed E-state index contributed by atoms with van der Waals surface area (Å²) in [6.45, 7) is 1.67. The van der Waals surface area contributed by atoms with E-state index in [1.807, 2.05) is 12.1 Å². The molecular weight excluding hydrogens is 258 g/mol. The van der Waals surface area contributed by atoms with Gasteiger partial charge < -0.3 is 10.2 Å². The van der Waals surface area contributed by atoms with Gasteiger partial charge in [0.15, 0.2) is 0 Å². The SMILES string of the molecule is CN1C(=O)CCc2cc(C3(C)NC(=O)NC3=O)ccc21. The zero-order valence-corrected chi connectivity index (χ0v) is 11.3. The topological polar surface area (TPSA) is 78.5 Å². The number of imide groups is 1. The lowest BCUT2D eigenvalue weighted by Gasteiger charge is -2.28. The van der Waals surface area contributed by atoms with Crippen molar-refractivity contribution in [1.29, 1.82) is 0 Å². The number of hydrogen-bond acceptors (Lipinski definition) is 3. The number of nitrogens with zero attached hydrogens (tertiary/aromatic N) is 1. The van der Waals surface area contributed by atoms with Crippen LogP contribution in [0.5, 0.6) is 0 Å². The lowest BCUT2D eigenvalue weighted by atomic mass is 9.88. The van der Waals surface area contributed by atoms with Crippen LogP contribution in [0.2, 0.25) is 0 Å². The summed E-state index contributed by atoms with van der Waals surface area (Å²) in [5.74, 6) is -0.272. The normalized spacial score (nSPS) is 25.3. The first-order valence-corrected chi connectivity index (χ1v) is 6.45. The van der Waals surface area contributed by atoms with Crippen molar-refractivity contribution >= 4 is 23.5 Å². The van der Waals surface area contributed by atoms with Crippen LogP contribution >= 0.6 is 0 Å². The number of fused-ring (bicyclic) bond motifs is 1. The molecule has 2 heterocycles.